The van der Waals surface area contributed by atoms with Crippen LogP contribution in [0, 0.1) is 4.77 Å². The van der Waals surface area contributed by atoms with E-state index in [1.165, 1.54) is 16.0 Å². The van der Waals surface area contributed by atoms with Crippen molar-refractivity contribution in [1.29, 1.82) is 0 Å². The molecule has 2 N–H and O–H groups in total. The molecule has 122 valence electrons. The van der Waals surface area contributed by atoms with Gasteiger partial charge in [0.2, 0.25) is 4.77 Å². The Hall–Kier alpha value is -2.78. The zero-order valence-electron chi connectivity index (χ0n) is 12.2. The molecule has 0 fully saturated rings. The second-order valence-corrected chi connectivity index (χ2v) is 5.94. The third kappa shape index (κ3) is 3.58. The van der Waals surface area contributed by atoms with Crippen LogP contribution in [0.5, 0.6) is 5.75 Å². The molecule has 0 aliphatic rings. The Kier molecular flexibility index (Phi) is 4.82. The largest absolute Gasteiger partial charge is 0.481 e. The van der Waals surface area contributed by atoms with Gasteiger partial charge in [0.25, 0.3) is 0 Å². The molecule has 3 rings (SSSR count). The van der Waals surface area contributed by atoms with Crippen molar-refractivity contribution in [2.45, 2.75) is 0 Å². The molecule has 9 heteroatoms. The number of hydrogen-bond donors (Lipinski definition) is 2. The molecule has 3 aromatic rings. The number of carbonyl (C=O) groups is 1. The lowest BCUT2D eigenvalue weighted by Gasteiger charge is -2.06. The molecule has 0 saturated carbocycles. The minimum absolute atomic E-state index is 0.360. The van der Waals surface area contributed by atoms with Crippen LogP contribution >= 0.6 is 23.6 Å². The average molecular weight is 360 g/mol. The van der Waals surface area contributed by atoms with Gasteiger partial charge in [-0.3, -0.25) is 0 Å². The van der Waals surface area contributed by atoms with Crippen LogP contribution in [0.3, 0.4) is 0 Å². The van der Waals surface area contributed by atoms with Crippen molar-refractivity contribution in [3.8, 4) is 16.5 Å². The monoisotopic (exact) mass is 360 g/mol. The van der Waals surface area contributed by atoms with E-state index in [9.17, 15) is 4.79 Å². The van der Waals surface area contributed by atoms with Gasteiger partial charge in [0.15, 0.2) is 12.4 Å². The van der Waals surface area contributed by atoms with Crippen LogP contribution in [0.2, 0.25) is 0 Å². The Balaban J connectivity index is 1.91. The summed E-state index contributed by atoms with van der Waals surface area (Å²) < 4.78 is 7.12. The molecule has 0 amide bonds. The van der Waals surface area contributed by atoms with Crippen molar-refractivity contribution in [2.75, 3.05) is 6.61 Å². The number of nitrogens with zero attached hydrogens (tertiary/aromatic N) is 3. The number of carboxylic acid groups (broad SMARTS) is 1. The van der Waals surface area contributed by atoms with E-state index in [1.807, 2.05) is 23.6 Å². The topological polar surface area (TPSA) is 92.5 Å². The number of rotatable bonds is 6. The molecule has 0 atom stereocenters. The van der Waals surface area contributed by atoms with E-state index in [0.29, 0.717) is 21.9 Å². The number of benzene rings is 1. The maximum Gasteiger partial charge on any atom is 0.341 e. The number of carboxylic acids is 1. The lowest BCUT2D eigenvalue weighted by atomic mass is 10.2. The van der Waals surface area contributed by atoms with Crippen LogP contribution in [0.1, 0.15) is 5.56 Å². The molecule has 0 spiro atoms. The van der Waals surface area contributed by atoms with Gasteiger partial charge in [-0.1, -0.05) is 18.2 Å². The summed E-state index contributed by atoms with van der Waals surface area (Å²) in [4.78, 5) is 11.6. The van der Waals surface area contributed by atoms with E-state index in [2.05, 4.69) is 15.3 Å². The number of aliphatic carboxylic acids is 1. The normalized spacial score (nSPS) is 11.0. The number of ether oxygens (including phenoxy) is 1. The van der Waals surface area contributed by atoms with Crippen LogP contribution in [0.25, 0.3) is 10.7 Å². The van der Waals surface area contributed by atoms with Crippen LogP contribution < -0.4 is 4.74 Å². The number of H-pyrrole nitrogens is 1. The van der Waals surface area contributed by atoms with Gasteiger partial charge in [-0.2, -0.15) is 14.9 Å². The first-order chi connectivity index (χ1) is 11.6. The second kappa shape index (κ2) is 7.20. The summed E-state index contributed by atoms with van der Waals surface area (Å²) in [6, 6.07) is 10.9. The molecule has 0 aliphatic heterocycles. The van der Waals surface area contributed by atoms with Crippen molar-refractivity contribution in [3.63, 3.8) is 0 Å². The fourth-order valence-electron chi connectivity index (χ4n) is 1.94. The smallest absolute Gasteiger partial charge is 0.341 e. The Morgan fingerprint density at radius 3 is 3.00 bits per heavy atom. The lowest BCUT2D eigenvalue weighted by Crippen LogP contribution is -2.10. The fourth-order valence-corrected chi connectivity index (χ4v) is 2.82. The summed E-state index contributed by atoms with van der Waals surface area (Å²) in [7, 11) is 0. The quantitative estimate of drug-likeness (QED) is 0.521. The second-order valence-electron chi connectivity index (χ2n) is 4.61. The summed E-state index contributed by atoms with van der Waals surface area (Å²) in [5.74, 6) is -0.00898. The van der Waals surface area contributed by atoms with Gasteiger partial charge in [0.05, 0.1) is 11.1 Å². The highest BCUT2D eigenvalue weighted by atomic mass is 32.1. The third-order valence-corrected chi connectivity index (χ3v) is 4.10. The number of thiophene rings is 1. The Labute approximate surface area is 145 Å². The molecular formula is C15H12N4O3S2. The molecule has 0 radical (unpaired) electrons. The number of para-hydroxylation sites is 1. The van der Waals surface area contributed by atoms with Gasteiger partial charge >= 0.3 is 5.97 Å². The highest BCUT2D eigenvalue weighted by Gasteiger charge is 2.09. The molecule has 0 saturated heterocycles. The number of aromatic amines is 1. The molecule has 0 unspecified atom stereocenters. The highest BCUT2D eigenvalue weighted by Crippen LogP contribution is 2.23. The van der Waals surface area contributed by atoms with E-state index in [4.69, 9.17) is 22.1 Å². The standard InChI is InChI=1S/C15H12N4O3S2/c20-13(21)9-22-11-5-2-1-4-10(11)8-16-19-14(17-18-15(19)23)12-6-3-7-24-12/h1-8H,9H2,(H,18,23)(H,20,21). The van der Waals surface area contributed by atoms with Gasteiger partial charge in [-0.25, -0.2) is 9.89 Å². The number of nitrogens with one attached hydrogen (secondary N) is 1. The van der Waals surface area contributed by atoms with Gasteiger partial charge in [0.1, 0.15) is 5.75 Å². The van der Waals surface area contributed by atoms with Gasteiger partial charge < -0.3 is 9.84 Å². The van der Waals surface area contributed by atoms with Crippen LogP contribution in [-0.4, -0.2) is 38.8 Å². The Morgan fingerprint density at radius 1 is 1.42 bits per heavy atom. The van der Waals surface area contributed by atoms with E-state index < -0.39 is 12.6 Å². The Morgan fingerprint density at radius 2 is 2.25 bits per heavy atom. The molecule has 0 aliphatic carbocycles. The first kappa shape index (κ1) is 16.1. The molecule has 2 aromatic heterocycles. The van der Waals surface area contributed by atoms with Crippen LogP contribution in [0.4, 0.5) is 0 Å². The molecule has 24 heavy (non-hydrogen) atoms. The van der Waals surface area contributed by atoms with Crippen molar-refractivity contribution in [3.05, 3.63) is 52.1 Å². The van der Waals surface area contributed by atoms with E-state index in [1.54, 1.807) is 24.4 Å². The minimum Gasteiger partial charge on any atom is -0.481 e. The van der Waals surface area contributed by atoms with Crippen LogP contribution in [-0.2, 0) is 4.79 Å². The first-order valence-corrected chi connectivity index (χ1v) is 8.13. The van der Waals surface area contributed by atoms with Gasteiger partial charge in [-0.15, -0.1) is 11.3 Å². The van der Waals surface area contributed by atoms with Crippen LogP contribution in [0.15, 0.2) is 46.9 Å². The van der Waals surface area contributed by atoms with Crippen molar-refractivity contribution in [1.82, 2.24) is 14.9 Å². The van der Waals surface area contributed by atoms with Gasteiger partial charge in [0, 0.05) is 5.56 Å². The van der Waals surface area contributed by atoms with E-state index >= 15 is 0 Å². The molecule has 2 heterocycles. The fraction of sp³-hybridized carbons (Fsp3) is 0.0667. The predicted molar refractivity (Wildman–Crippen MR) is 93.3 cm³/mol. The maximum atomic E-state index is 10.7. The summed E-state index contributed by atoms with van der Waals surface area (Å²) in [5, 5.41) is 21.9. The van der Waals surface area contributed by atoms with Crippen molar-refractivity contribution < 1.29 is 14.6 Å². The summed E-state index contributed by atoms with van der Waals surface area (Å²) in [6.45, 7) is -0.420. The summed E-state index contributed by atoms with van der Waals surface area (Å²) >= 11 is 6.73. The molecule has 7 nitrogen and oxygen atoms in total. The SMILES string of the molecule is O=C(O)COc1ccccc1C=Nn1c(-c2cccs2)n[nH]c1=S. The number of aromatic nitrogens is 3. The zero-order valence-corrected chi connectivity index (χ0v) is 13.9. The van der Waals surface area contributed by atoms with Crippen molar-refractivity contribution in [2.24, 2.45) is 5.10 Å². The lowest BCUT2D eigenvalue weighted by molar-refractivity contribution is -0.139. The highest BCUT2D eigenvalue weighted by molar-refractivity contribution is 7.71. The average Bonchev–Trinajstić information content (AvgIpc) is 3.21. The third-order valence-electron chi connectivity index (χ3n) is 2.97. The molecule has 1 aromatic carbocycles. The summed E-state index contributed by atoms with van der Waals surface area (Å²) in [6.07, 6.45) is 1.56. The summed E-state index contributed by atoms with van der Waals surface area (Å²) in [5.41, 5.74) is 0.638. The van der Waals surface area contributed by atoms with E-state index in [0.717, 1.165) is 4.88 Å². The molecule has 0 bridgehead atoms. The molecular weight excluding hydrogens is 348 g/mol. The zero-order chi connectivity index (χ0) is 16.9. The first-order valence-electron chi connectivity index (χ1n) is 6.84. The minimum atomic E-state index is -1.04. The number of hydrogen-bond acceptors (Lipinski definition) is 6. The van der Waals surface area contributed by atoms with E-state index in [-0.39, 0.29) is 0 Å². The maximum absolute atomic E-state index is 10.7. The Bertz CT molecular complexity index is 928. The predicted octanol–water partition coefficient (Wildman–Crippen LogP) is 3.01. The van der Waals surface area contributed by atoms with Gasteiger partial charge in [-0.05, 0) is 35.8 Å². The van der Waals surface area contributed by atoms with Crippen molar-refractivity contribution >= 4 is 35.7 Å².